The number of aliphatic hydroxyl groups is 1. The minimum Gasteiger partial charge on any atom is -0.465 e. The van der Waals surface area contributed by atoms with Gasteiger partial charge in [-0.05, 0) is 26.0 Å². The first-order valence-corrected chi connectivity index (χ1v) is 5.69. The third kappa shape index (κ3) is 3.68. The molecule has 0 aliphatic rings. The van der Waals surface area contributed by atoms with Gasteiger partial charge in [-0.3, -0.25) is 0 Å². The number of carbonyl (C=O) groups is 1. The van der Waals surface area contributed by atoms with Crippen molar-refractivity contribution in [1.29, 1.82) is 0 Å². The zero-order chi connectivity index (χ0) is 13.7. The van der Waals surface area contributed by atoms with Crippen LogP contribution in [0.25, 0.3) is 0 Å². The Kier molecular flexibility index (Phi) is 5.06. The molecule has 0 bridgehead atoms. The van der Waals surface area contributed by atoms with E-state index >= 15 is 0 Å². The molecule has 4 N–H and O–H groups in total. The normalized spacial score (nSPS) is 13.8. The molecule has 0 aliphatic carbocycles. The Morgan fingerprint density at radius 1 is 1.61 bits per heavy atom. The standard InChI is InChI=1S/C12H19N3O3/c1-7-9(12(17)18-3)4-5-11(15-7)14-6-10(13)8(2)16/h4-5,8,10,16H,6,13H2,1-3H3,(H,14,15). The molecule has 0 fully saturated rings. The van der Waals surface area contributed by atoms with Gasteiger partial charge in [0.05, 0.1) is 24.5 Å². The minimum absolute atomic E-state index is 0.368. The Hall–Kier alpha value is -1.66. The Bertz CT molecular complexity index is 421. The predicted molar refractivity (Wildman–Crippen MR) is 68.5 cm³/mol. The van der Waals surface area contributed by atoms with E-state index < -0.39 is 12.1 Å². The summed E-state index contributed by atoms with van der Waals surface area (Å²) in [6, 6.07) is 2.95. The van der Waals surface area contributed by atoms with Crippen LogP contribution in [-0.2, 0) is 4.74 Å². The lowest BCUT2D eigenvalue weighted by Crippen LogP contribution is -2.38. The summed E-state index contributed by atoms with van der Waals surface area (Å²) in [5.41, 5.74) is 6.70. The van der Waals surface area contributed by atoms with E-state index in [0.29, 0.717) is 23.6 Å². The van der Waals surface area contributed by atoms with Gasteiger partial charge in [-0.25, -0.2) is 9.78 Å². The second kappa shape index (κ2) is 6.32. The van der Waals surface area contributed by atoms with Crippen molar-refractivity contribution in [2.75, 3.05) is 19.0 Å². The highest BCUT2D eigenvalue weighted by Gasteiger charge is 2.12. The molecule has 1 rings (SSSR count). The molecule has 0 spiro atoms. The predicted octanol–water partition coefficient (Wildman–Crippen LogP) is 0.297. The quantitative estimate of drug-likeness (QED) is 0.653. The average Bonchev–Trinajstić information content (AvgIpc) is 2.34. The molecule has 0 aliphatic heterocycles. The van der Waals surface area contributed by atoms with E-state index in [-0.39, 0.29) is 6.04 Å². The van der Waals surface area contributed by atoms with Gasteiger partial charge in [0.25, 0.3) is 0 Å². The van der Waals surface area contributed by atoms with Crippen LogP contribution in [0.4, 0.5) is 5.82 Å². The molecule has 1 aromatic heterocycles. The molecule has 1 aromatic rings. The number of anilines is 1. The highest BCUT2D eigenvalue weighted by Crippen LogP contribution is 2.11. The van der Waals surface area contributed by atoms with Crippen LogP contribution in [0.15, 0.2) is 12.1 Å². The number of aromatic nitrogens is 1. The first-order valence-electron chi connectivity index (χ1n) is 5.69. The third-order valence-electron chi connectivity index (χ3n) is 2.63. The summed E-state index contributed by atoms with van der Waals surface area (Å²) in [5, 5.41) is 12.3. The number of esters is 1. The molecule has 0 amide bonds. The van der Waals surface area contributed by atoms with Crippen molar-refractivity contribution in [3.8, 4) is 0 Å². The number of hydrogen-bond donors (Lipinski definition) is 3. The van der Waals surface area contributed by atoms with Gasteiger partial charge in [-0.2, -0.15) is 0 Å². The van der Waals surface area contributed by atoms with Gasteiger partial charge in [0.1, 0.15) is 5.82 Å². The molecular weight excluding hydrogens is 234 g/mol. The summed E-state index contributed by atoms with van der Waals surface area (Å²) in [6.07, 6.45) is -0.590. The maximum Gasteiger partial charge on any atom is 0.339 e. The van der Waals surface area contributed by atoms with Crippen molar-refractivity contribution in [3.63, 3.8) is 0 Å². The first-order chi connectivity index (χ1) is 8.45. The lowest BCUT2D eigenvalue weighted by Gasteiger charge is -2.16. The average molecular weight is 253 g/mol. The third-order valence-corrected chi connectivity index (χ3v) is 2.63. The van der Waals surface area contributed by atoms with E-state index in [0.717, 1.165) is 0 Å². The fourth-order valence-corrected chi connectivity index (χ4v) is 1.38. The zero-order valence-electron chi connectivity index (χ0n) is 10.8. The lowest BCUT2D eigenvalue weighted by molar-refractivity contribution is 0.0599. The molecule has 0 radical (unpaired) electrons. The van der Waals surface area contributed by atoms with Gasteiger partial charge in [0.15, 0.2) is 0 Å². The molecule has 0 aromatic carbocycles. The number of aliphatic hydroxyl groups excluding tert-OH is 1. The number of nitrogens with two attached hydrogens (primary N) is 1. The van der Waals surface area contributed by atoms with Crippen LogP contribution in [0.3, 0.4) is 0 Å². The maximum atomic E-state index is 11.4. The van der Waals surface area contributed by atoms with Gasteiger partial charge in [-0.1, -0.05) is 0 Å². The summed E-state index contributed by atoms with van der Waals surface area (Å²) in [7, 11) is 1.33. The second-order valence-electron chi connectivity index (χ2n) is 4.11. The van der Waals surface area contributed by atoms with Crippen molar-refractivity contribution < 1.29 is 14.6 Å². The Morgan fingerprint density at radius 2 is 2.28 bits per heavy atom. The monoisotopic (exact) mass is 253 g/mol. The molecule has 18 heavy (non-hydrogen) atoms. The molecule has 0 saturated heterocycles. The number of nitrogens with zero attached hydrogens (tertiary/aromatic N) is 1. The van der Waals surface area contributed by atoms with Crippen LogP contribution in [0.1, 0.15) is 23.0 Å². The van der Waals surface area contributed by atoms with E-state index in [1.54, 1.807) is 26.0 Å². The van der Waals surface area contributed by atoms with E-state index in [1.807, 2.05) is 0 Å². The van der Waals surface area contributed by atoms with Gasteiger partial charge in [0, 0.05) is 12.6 Å². The largest absolute Gasteiger partial charge is 0.465 e. The van der Waals surface area contributed by atoms with E-state index in [1.165, 1.54) is 7.11 Å². The molecule has 2 unspecified atom stereocenters. The molecule has 6 heteroatoms. The molecule has 1 heterocycles. The number of rotatable bonds is 5. The molecule has 6 nitrogen and oxygen atoms in total. The van der Waals surface area contributed by atoms with Gasteiger partial charge in [0.2, 0.25) is 0 Å². The summed E-state index contributed by atoms with van der Waals surface area (Å²) >= 11 is 0. The Morgan fingerprint density at radius 3 is 2.78 bits per heavy atom. The van der Waals surface area contributed by atoms with Gasteiger partial charge >= 0.3 is 5.97 Å². The number of carbonyl (C=O) groups excluding carboxylic acids is 1. The zero-order valence-corrected chi connectivity index (χ0v) is 10.8. The SMILES string of the molecule is COC(=O)c1ccc(NCC(N)C(C)O)nc1C. The Balaban J connectivity index is 2.70. The van der Waals surface area contributed by atoms with Crippen LogP contribution in [0.2, 0.25) is 0 Å². The highest BCUT2D eigenvalue weighted by molar-refractivity contribution is 5.90. The van der Waals surface area contributed by atoms with Crippen molar-refractivity contribution in [2.24, 2.45) is 5.73 Å². The first kappa shape index (κ1) is 14.4. The number of nitrogens with one attached hydrogen (secondary N) is 1. The summed E-state index contributed by atoms with van der Waals surface area (Å²) < 4.78 is 4.63. The van der Waals surface area contributed by atoms with E-state index in [9.17, 15) is 9.90 Å². The van der Waals surface area contributed by atoms with Crippen molar-refractivity contribution in [1.82, 2.24) is 4.98 Å². The summed E-state index contributed by atoms with van der Waals surface area (Å²) in [4.78, 5) is 15.6. The van der Waals surface area contributed by atoms with Crippen molar-refractivity contribution in [2.45, 2.75) is 26.0 Å². The molecule has 0 saturated carbocycles. The van der Waals surface area contributed by atoms with Crippen LogP contribution < -0.4 is 11.1 Å². The van der Waals surface area contributed by atoms with Crippen LogP contribution >= 0.6 is 0 Å². The summed E-state index contributed by atoms with van der Waals surface area (Å²) in [6.45, 7) is 3.76. The van der Waals surface area contributed by atoms with Crippen molar-refractivity contribution in [3.05, 3.63) is 23.4 Å². The topological polar surface area (TPSA) is 97.5 Å². The number of ether oxygens (including phenoxy) is 1. The number of hydrogen-bond acceptors (Lipinski definition) is 6. The number of methoxy groups -OCH3 is 1. The van der Waals surface area contributed by atoms with Crippen molar-refractivity contribution >= 4 is 11.8 Å². The molecular formula is C12H19N3O3. The summed E-state index contributed by atoms with van der Waals surface area (Å²) in [5.74, 6) is 0.198. The maximum absolute atomic E-state index is 11.4. The lowest BCUT2D eigenvalue weighted by atomic mass is 10.2. The number of pyridine rings is 1. The van der Waals surface area contributed by atoms with Crippen LogP contribution in [0, 0.1) is 6.92 Å². The number of aryl methyl sites for hydroxylation is 1. The van der Waals surface area contributed by atoms with Gasteiger partial charge in [-0.15, -0.1) is 0 Å². The Labute approximate surface area is 106 Å². The van der Waals surface area contributed by atoms with Gasteiger partial charge < -0.3 is 20.9 Å². The molecule has 100 valence electrons. The highest BCUT2D eigenvalue weighted by atomic mass is 16.5. The van der Waals surface area contributed by atoms with E-state index in [2.05, 4.69) is 15.0 Å². The smallest absolute Gasteiger partial charge is 0.339 e. The fraction of sp³-hybridized carbons (Fsp3) is 0.500. The van der Waals surface area contributed by atoms with E-state index in [4.69, 9.17) is 5.73 Å². The van der Waals surface area contributed by atoms with Crippen LogP contribution in [0.5, 0.6) is 0 Å². The fourth-order valence-electron chi connectivity index (χ4n) is 1.38. The van der Waals surface area contributed by atoms with Crippen LogP contribution in [-0.4, -0.2) is 41.9 Å². The molecule has 2 atom stereocenters. The minimum atomic E-state index is -0.590. The second-order valence-corrected chi connectivity index (χ2v) is 4.11.